The molecule has 1 heterocycles. The molecule has 0 saturated heterocycles. The molecule has 2 N–H and O–H groups in total. The number of hydrogen-bond acceptors (Lipinski definition) is 2. The van der Waals surface area contributed by atoms with E-state index in [4.69, 9.17) is 23.2 Å². The Hall–Kier alpha value is -0.350. The van der Waals surface area contributed by atoms with Crippen molar-refractivity contribution >= 4 is 28.9 Å². The lowest BCUT2D eigenvalue weighted by Crippen LogP contribution is -2.70. The molecule has 0 amide bonds. The second-order valence-electron chi connectivity index (χ2n) is 1.63. The molecule has 0 bridgehead atoms. The summed E-state index contributed by atoms with van der Waals surface area (Å²) < 4.78 is 0. The minimum Gasteiger partial charge on any atom is -0.630 e. The van der Waals surface area contributed by atoms with Crippen molar-refractivity contribution in [1.29, 1.82) is 0 Å². The van der Waals surface area contributed by atoms with Crippen LogP contribution in [0.15, 0.2) is 12.4 Å². The molecule has 1 aromatic rings. The Morgan fingerprint density at radius 2 is 1.80 bits per heavy atom. The number of nitrogens with two attached hydrogens (primary N) is 1. The highest BCUT2D eigenvalue weighted by atomic mass is 35.5. The van der Waals surface area contributed by atoms with Crippen LogP contribution in [0.5, 0.6) is 0 Å². The van der Waals surface area contributed by atoms with Gasteiger partial charge in [-0.3, -0.25) is 4.98 Å². The Kier molecular flexibility index (Phi) is 2.45. The van der Waals surface area contributed by atoms with E-state index in [9.17, 15) is 5.21 Å². The van der Waals surface area contributed by atoms with Crippen LogP contribution in [-0.2, 0) is 0 Å². The Labute approximate surface area is 67.6 Å². The first kappa shape index (κ1) is 7.75. The zero-order valence-electron chi connectivity index (χ0n) is 4.84. The fourth-order valence-electron chi connectivity index (χ4n) is 0.534. The van der Waals surface area contributed by atoms with E-state index in [1.54, 1.807) is 0 Å². The molecule has 0 atom stereocenters. The summed E-state index contributed by atoms with van der Waals surface area (Å²) in [5.41, 5.74) is 0.894. The third-order valence-electron chi connectivity index (χ3n) is 1.01. The van der Waals surface area contributed by atoms with Gasteiger partial charge in [0.2, 0.25) is 0 Å². The van der Waals surface area contributed by atoms with Crippen LogP contribution >= 0.6 is 23.2 Å². The topological polar surface area (TPSA) is 52.6 Å². The lowest BCUT2D eigenvalue weighted by molar-refractivity contribution is -0.496. The number of pyridine rings is 1. The largest absolute Gasteiger partial charge is 0.630 e. The van der Waals surface area contributed by atoms with E-state index < -0.39 is 0 Å². The predicted octanol–water partition coefficient (Wildman–Crippen LogP) is 1.08. The highest BCUT2D eigenvalue weighted by Crippen LogP contribution is 2.23. The van der Waals surface area contributed by atoms with Crippen LogP contribution in [0.3, 0.4) is 0 Å². The van der Waals surface area contributed by atoms with E-state index in [0.717, 1.165) is 0 Å². The molecule has 0 fully saturated rings. The van der Waals surface area contributed by atoms with Crippen molar-refractivity contribution in [1.82, 2.24) is 4.98 Å². The van der Waals surface area contributed by atoms with Crippen molar-refractivity contribution in [2.24, 2.45) is 0 Å². The maximum Gasteiger partial charge on any atom is 0.170 e. The average Bonchev–Trinajstić information content (AvgIpc) is 1.88. The quantitative estimate of drug-likeness (QED) is 0.655. The summed E-state index contributed by atoms with van der Waals surface area (Å²) in [4.78, 5) is 3.67. The van der Waals surface area contributed by atoms with Gasteiger partial charge in [0.05, 0.1) is 12.4 Å². The molecule has 1 rings (SSSR count). The van der Waals surface area contributed by atoms with Gasteiger partial charge in [-0.15, -0.1) is 0 Å². The van der Waals surface area contributed by atoms with Gasteiger partial charge in [-0.2, -0.15) is 0 Å². The first-order valence-corrected chi connectivity index (χ1v) is 3.25. The molecular formula is C5H4Cl2N2O. The number of rotatable bonds is 1. The van der Waals surface area contributed by atoms with Crippen LogP contribution in [0.1, 0.15) is 0 Å². The standard InChI is InChI=1S/C5H4Cl2N2O/c6-3-1-8-2-4(7)5(3)9-10/h1-2H,9H2. The summed E-state index contributed by atoms with van der Waals surface area (Å²) in [7, 11) is 0. The number of hydrogen-bond donors (Lipinski definition) is 1. The second-order valence-corrected chi connectivity index (χ2v) is 2.45. The van der Waals surface area contributed by atoms with Crippen molar-refractivity contribution in [3.05, 3.63) is 27.6 Å². The van der Waals surface area contributed by atoms with Crippen molar-refractivity contribution in [3.8, 4) is 0 Å². The zero-order valence-corrected chi connectivity index (χ0v) is 6.36. The van der Waals surface area contributed by atoms with Crippen LogP contribution in [-0.4, -0.2) is 4.98 Å². The molecule has 5 heteroatoms. The van der Waals surface area contributed by atoms with E-state index in [0.29, 0.717) is 11.2 Å². The lowest BCUT2D eigenvalue weighted by Gasteiger charge is -2.03. The monoisotopic (exact) mass is 178 g/mol. The molecule has 0 spiro atoms. The summed E-state index contributed by atoms with van der Waals surface area (Å²) in [5, 5.41) is 10.8. The maximum absolute atomic E-state index is 10.3. The Balaban J connectivity index is 3.17. The van der Waals surface area contributed by atoms with Crippen LogP contribution in [0.2, 0.25) is 10.0 Å². The normalized spacial score (nSPS) is 9.90. The average molecular weight is 179 g/mol. The lowest BCUT2D eigenvalue weighted by atomic mass is 10.4. The van der Waals surface area contributed by atoms with Gasteiger partial charge in [0.1, 0.15) is 10.0 Å². The summed E-state index contributed by atoms with van der Waals surface area (Å²) in [6, 6.07) is 0. The van der Waals surface area contributed by atoms with Gasteiger partial charge in [0.25, 0.3) is 0 Å². The smallest absolute Gasteiger partial charge is 0.170 e. The minimum absolute atomic E-state index is 0.280. The minimum atomic E-state index is 0.280. The summed E-state index contributed by atoms with van der Waals surface area (Å²) in [6.45, 7) is 0. The SMILES string of the molecule is [O-][NH2+]c1c(Cl)cncc1Cl. The Bertz CT molecular complexity index is 221. The second kappa shape index (κ2) is 3.16. The molecule has 54 valence electrons. The van der Waals surface area contributed by atoms with Gasteiger partial charge in [-0.25, -0.2) is 0 Å². The molecule has 0 aromatic carbocycles. The summed E-state index contributed by atoms with van der Waals surface area (Å²) in [5.74, 6) is 0. The highest BCUT2D eigenvalue weighted by Gasteiger charge is 2.04. The van der Waals surface area contributed by atoms with Gasteiger partial charge in [-0.1, -0.05) is 23.2 Å². The molecule has 0 unspecified atom stereocenters. The molecule has 0 aliphatic carbocycles. The molecule has 10 heavy (non-hydrogen) atoms. The Morgan fingerprint density at radius 1 is 1.30 bits per heavy atom. The van der Waals surface area contributed by atoms with E-state index >= 15 is 0 Å². The molecule has 0 aliphatic rings. The van der Waals surface area contributed by atoms with E-state index in [-0.39, 0.29) is 10.0 Å². The third-order valence-corrected chi connectivity index (χ3v) is 1.61. The van der Waals surface area contributed by atoms with Gasteiger partial charge >= 0.3 is 0 Å². The van der Waals surface area contributed by atoms with Crippen molar-refractivity contribution in [2.45, 2.75) is 0 Å². The van der Waals surface area contributed by atoms with E-state index in [1.807, 2.05) is 0 Å². The van der Waals surface area contributed by atoms with E-state index in [2.05, 4.69) is 4.98 Å². The molecule has 3 nitrogen and oxygen atoms in total. The first-order valence-electron chi connectivity index (χ1n) is 2.50. The van der Waals surface area contributed by atoms with Gasteiger partial charge in [0.15, 0.2) is 5.69 Å². The molecule has 0 radical (unpaired) electrons. The Morgan fingerprint density at radius 3 is 2.10 bits per heavy atom. The maximum atomic E-state index is 10.3. The number of halogens is 2. The van der Waals surface area contributed by atoms with Crippen LogP contribution < -0.4 is 5.48 Å². The van der Waals surface area contributed by atoms with Crippen LogP contribution in [0.25, 0.3) is 0 Å². The first-order chi connectivity index (χ1) is 4.75. The summed E-state index contributed by atoms with van der Waals surface area (Å²) >= 11 is 11.1. The molecule has 0 aliphatic heterocycles. The zero-order chi connectivity index (χ0) is 7.56. The molecule has 0 saturated carbocycles. The van der Waals surface area contributed by atoms with Crippen molar-refractivity contribution < 1.29 is 5.48 Å². The van der Waals surface area contributed by atoms with Crippen molar-refractivity contribution in [2.75, 3.05) is 0 Å². The highest BCUT2D eigenvalue weighted by molar-refractivity contribution is 6.37. The van der Waals surface area contributed by atoms with E-state index in [1.165, 1.54) is 12.4 Å². The molecular weight excluding hydrogens is 175 g/mol. The van der Waals surface area contributed by atoms with Crippen LogP contribution in [0.4, 0.5) is 5.69 Å². The third kappa shape index (κ3) is 1.38. The number of nitrogens with zero attached hydrogens (tertiary/aromatic N) is 1. The van der Waals surface area contributed by atoms with Crippen molar-refractivity contribution in [3.63, 3.8) is 0 Å². The van der Waals surface area contributed by atoms with Gasteiger partial charge in [0, 0.05) is 0 Å². The van der Waals surface area contributed by atoms with Gasteiger partial charge in [-0.05, 0) is 0 Å². The van der Waals surface area contributed by atoms with Gasteiger partial charge < -0.3 is 10.7 Å². The summed E-state index contributed by atoms with van der Waals surface area (Å²) in [6.07, 6.45) is 2.74. The predicted molar refractivity (Wildman–Crippen MR) is 39.2 cm³/mol. The fraction of sp³-hybridized carbons (Fsp3) is 0. The number of aromatic nitrogens is 1. The molecule has 1 aromatic heterocycles. The number of quaternary nitrogens is 1. The van der Waals surface area contributed by atoms with Crippen LogP contribution in [0, 0.1) is 5.21 Å². The fourth-order valence-corrected chi connectivity index (χ4v) is 0.988.